The molecule has 0 aromatic heterocycles. The molecule has 0 heterocycles. The molecule has 2 nitrogen and oxygen atoms in total. The van der Waals surface area contributed by atoms with Gasteiger partial charge in [-0.3, -0.25) is 4.79 Å². The number of hydrogen-bond acceptors (Lipinski definition) is 2. The number of ketones is 1. The first-order chi connectivity index (χ1) is 8.08. The molecular weight excluding hydrogens is 212 g/mol. The van der Waals surface area contributed by atoms with Crippen LogP contribution in [0.15, 0.2) is 24.3 Å². The Kier molecular flexibility index (Phi) is 5.36. The third-order valence-electron chi connectivity index (χ3n) is 2.99. The van der Waals surface area contributed by atoms with Gasteiger partial charge in [0, 0.05) is 13.5 Å². The fourth-order valence-corrected chi connectivity index (χ4v) is 1.97. The van der Waals surface area contributed by atoms with E-state index in [4.69, 9.17) is 4.74 Å². The van der Waals surface area contributed by atoms with E-state index in [0.29, 0.717) is 6.42 Å². The van der Waals surface area contributed by atoms with Crippen LogP contribution in [0.3, 0.4) is 0 Å². The summed E-state index contributed by atoms with van der Waals surface area (Å²) in [7, 11) is 1.60. The fourth-order valence-electron chi connectivity index (χ4n) is 1.97. The normalized spacial score (nSPS) is 12.8. The Balaban J connectivity index is 2.66. The van der Waals surface area contributed by atoms with Gasteiger partial charge in [-0.25, -0.2) is 0 Å². The summed E-state index contributed by atoms with van der Waals surface area (Å²) in [6, 6.07) is 8.23. The second-order valence-electron chi connectivity index (χ2n) is 4.71. The molecule has 0 spiro atoms. The number of ether oxygens (including phenoxy) is 1. The third kappa shape index (κ3) is 3.97. The van der Waals surface area contributed by atoms with Crippen LogP contribution in [-0.4, -0.2) is 19.0 Å². The molecular formula is C15H22O2. The second kappa shape index (κ2) is 6.55. The second-order valence-corrected chi connectivity index (χ2v) is 4.71. The molecule has 0 N–H and O–H groups in total. The van der Waals surface area contributed by atoms with Crippen LogP contribution >= 0.6 is 0 Å². The van der Waals surface area contributed by atoms with Gasteiger partial charge >= 0.3 is 0 Å². The first kappa shape index (κ1) is 13.9. The van der Waals surface area contributed by atoms with Crippen molar-refractivity contribution < 1.29 is 9.53 Å². The molecule has 0 amide bonds. The molecule has 2 heteroatoms. The monoisotopic (exact) mass is 234 g/mol. The lowest BCUT2D eigenvalue weighted by atomic mass is 9.97. The molecule has 1 rings (SSSR count). The van der Waals surface area contributed by atoms with Gasteiger partial charge in [0.15, 0.2) is 5.78 Å². The van der Waals surface area contributed by atoms with Crippen LogP contribution in [0.5, 0.6) is 0 Å². The van der Waals surface area contributed by atoms with E-state index >= 15 is 0 Å². The summed E-state index contributed by atoms with van der Waals surface area (Å²) < 4.78 is 5.24. The number of carbonyl (C=O) groups excluding carboxylic acids is 1. The van der Waals surface area contributed by atoms with Crippen molar-refractivity contribution in [1.29, 1.82) is 0 Å². The summed E-state index contributed by atoms with van der Waals surface area (Å²) in [4.78, 5) is 12.0. The lowest BCUT2D eigenvalue weighted by Gasteiger charge is -2.17. The SMILES string of the molecule is CCc1ccc(CC(=O)C(OC)C(C)C)cc1. The fraction of sp³-hybridized carbons (Fsp3) is 0.533. The standard InChI is InChI=1S/C15H22O2/c1-5-12-6-8-13(9-7-12)10-14(16)15(17-4)11(2)3/h6-9,11,15H,5,10H2,1-4H3. The summed E-state index contributed by atoms with van der Waals surface area (Å²) in [5.74, 6) is 0.383. The van der Waals surface area contributed by atoms with E-state index in [0.717, 1.165) is 12.0 Å². The Labute approximate surface area is 104 Å². The highest BCUT2D eigenvalue weighted by molar-refractivity contribution is 5.85. The van der Waals surface area contributed by atoms with Crippen molar-refractivity contribution in [3.63, 3.8) is 0 Å². The topological polar surface area (TPSA) is 26.3 Å². The van der Waals surface area contributed by atoms with Gasteiger partial charge in [0.25, 0.3) is 0 Å². The van der Waals surface area contributed by atoms with Gasteiger partial charge in [-0.05, 0) is 23.5 Å². The maximum absolute atomic E-state index is 12.0. The molecule has 0 fully saturated rings. The number of rotatable bonds is 6. The molecule has 0 aliphatic carbocycles. The summed E-state index contributed by atoms with van der Waals surface area (Å²) in [6.45, 7) is 6.14. The maximum Gasteiger partial charge on any atom is 0.166 e. The van der Waals surface area contributed by atoms with Gasteiger partial charge in [0.2, 0.25) is 0 Å². The van der Waals surface area contributed by atoms with Crippen molar-refractivity contribution in [1.82, 2.24) is 0 Å². The molecule has 0 radical (unpaired) electrons. The smallest absolute Gasteiger partial charge is 0.166 e. The van der Waals surface area contributed by atoms with Crippen LogP contribution in [0.2, 0.25) is 0 Å². The third-order valence-corrected chi connectivity index (χ3v) is 2.99. The predicted octanol–water partition coefficient (Wildman–Crippen LogP) is 3.03. The zero-order chi connectivity index (χ0) is 12.8. The van der Waals surface area contributed by atoms with Crippen molar-refractivity contribution in [3.8, 4) is 0 Å². The van der Waals surface area contributed by atoms with E-state index in [1.807, 2.05) is 26.0 Å². The lowest BCUT2D eigenvalue weighted by Crippen LogP contribution is -2.29. The van der Waals surface area contributed by atoms with Crippen molar-refractivity contribution >= 4 is 5.78 Å². The predicted molar refractivity (Wildman–Crippen MR) is 70.2 cm³/mol. The highest BCUT2D eigenvalue weighted by atomic mass is 16.5. The molecule has 1 atom stereocenters. The molecule has 0 aliphatic heterocycles. The summed E-state index contributed by atoms with van der Waals surface area (Å²) in [5, 5.41) is 0. The van der Waals surface area contributed by atoms with Gasteiger partial charge in [-0.2, -0.15) is 0 Å². The van der Waals surface area contributed by atoms with Crippen LogP contribution < -0.4 is 0 Å². The maximum atomic E-state index is 12.0. The highest BCUT2D eigenvalue weighted by Gasteiger charge is 2.21. The van der Waals surface area contributed by atoms with E-state index in [9.17, 15) is 4.79 Å². The van der Waals surface area contributed by atoms with E-state index in [1.54, 1.807) is 7.11 Å². The average Bonchev–Trinajstić information content (AvgIpc) is 2.30. The van der Waals surface area contributed by atoms with Crippen LogP contribution in [0.1, 0.15) is 31.9 Å². The quantitative estimate of drug-likeness (QED) is 0.756. The molecule has 0 bridgehead atoms. The molecule has 1 unspecified atom stereocenters. The number of Topliss-reactive ketones (excluding diaryl/α,β-unsaturated/α-hetero) is 1. The Morgan fingerprint density at radius 3 is 2.12 bits per heavy atom. The Morgan fingerprint density at radius 2 is 1.71 bits per heavy atom. The molecule has 1 aromatic rings. The lowest BCUT2D eigenvalue weighted by molar-refractivity contribution is -0.130. The molecule has 0 aliphatic rings. The first-order valence-corrected chi connectivity index (χ1v) is 6.21. The van der Waals surface area contributed by atoms with E-state index in [2.05, 4.69) is 19.1 Å². The molecule has 0 saturated carbocycles. The van der Waals surface area contributed by atoms with Crippen molar-refractivity contribution in [2.24, 2.45) is 5.92 Å². The van der Waals surface area contributed by atoms with Gasteiger partial charge in [-0.1, -0.05) is 45.0 Å². The van der Waals surface area contributed by atoms with Crippen molar-refractivity contribution in [2.45, 2.75) is 39.7 Å². The number of aryl methyl sites for hydroxylation is 1. The molecule has 94 valence electrons. The van der Waals surface area contributed by atoms with Crippen molar-refractivity contribution in [3.05, 3.63) is 35.4 Å². The Hall–Kier alpha value is -1.15. The van der Waals surface area contributed by atoms with Crippen molar-refractivity contribution in [2.75, 3.05) is 7.11 Å². The van der Waals surface area contributed by atoms with Gasteiger partial charge in [0.05, 0.1) is 0 Å². The van der Waals surface area contributed by atoms with E-state index < -0.39 is 0 Å². The minimum Gasteiger partial charge on any atom is -0.373 e. The zero-order valence-electron chi connectivity index (χ0n) is 11.2. The highest BCUT2D eigenvalue weighted by Crippen LogP contribution is 2.12. The Bertz CT molecular complexity index is 352. The minimum absolute atomic E-state index is 0.159. The number of hydrogen-bond donors (Lipinski definition) is 0. The molecule has 0 saturated heterocycles. The van der Waals surface area contributed by atoms with E-state index in [1.165, 1.54) is 5.56 Å². The van der Waals surface area contributed by atoms with Crippen LogP contribution in [0.4, 0.5) is 0 Å². The summed E-state index contributed by atoms with van der Waals surface area (Å²) in [5.41, 5.74) is 2.36. The number of benzene rings is 1. The van der Waals surface area contributed by atoms with Crippen LogP contribution in [0.25, 0.3) is 0 Å². The van der Waals surface area contributed by atoms with Gasteiger partial charge < -0.3 is 4.74 Å². The zero-order valence-corrected chi connectivity index (χ0v) is 11.2. The number of methoxy groups -OCH3 is 1. The summed E-state index contributed by atoms with van der Waals surface area (Å²) >= 11 is 0. The van der Waals surface area contributed by atoms with Gasteiger partial charge in [-0.15, -0.1) is 0 Å². The van der Waals surface area contributed by atoms with Gasteiger partial charge in [0.1, 0.15) is 6.10 Å². The molecule has 17 heavy (non-hydrogen) atoms. The summed E-state index contributed by atoms with van der Waals surface area (Å²) in [6.07, 6.45) is 1.20. The van der Waals surface area contributed by atoms with Crippen LogP contribution in [-0.2, 0) is 22.4 Å². The Morgan fingerprint density at radius 1 is 1.18 bits per heavy atom. The van der Waals surface area contributed by atoms with E-state index in [-0.39, 0.29) is 17.8 Å². The largest absolute Gasteiger partial charge is 0.373 e. The molecule has 1 aromatic carbocycles. The first-order valence-electron chi connectivity index (χ1n) is 6.21. The average molecular weight is 234 g/mol. The van der Waals surface area contributed by atoms with Crippen LogP contribution in [0, 0.1) is 5.92 Å². The number of carbonyl (C=O) groups is 1. The minimum atomic E-state index is -0.291.